The fourth-order valence-corrected chi connectivity index (χ4v) is 3.96. The van der Waals surface area contributed by atoms with Crippen LogP contribution in [0.25, 0.3) is 0 Å². The van der Waals surface area contributed by atoms with E-state index in [1.54, 1.807) is 35.4 Å². The SMILES string of the molecule is O=C(O)C(F)(F)F.O=C(c1ccncc1)N1CC2(CCN(C(=O)c3cscn3)C2)C1. The van der Waals surface area contributed by atoms with Crippen molar-refractivity contribution in [3.05, 3.63) is 46.7 Å². The van der Waals surface area contributed by atoms with Gasteiger partial charge in [0.05, 0.1) is 5.51 Å². The van der Waals surface area contributed by atoms with Gasteiger partial charge in [0.25, 0.3) is 11.8 Å². The lowest BCUT2D eigenvalue weighted by molar-refractivity contribution is -0.192. The number of aliphatic carboxylic acids is 1. The van der Waals surface area contributed by atoms with E-state index in [2.05, 4.69) is 9.97 Å². The lowest BCUT2D eigenvalue weighted by Crippen LogP contribution is -2.59. The van der Waals surface area contributed by atoms with Crippen LogP contribution in [0.1, 0.15) is 27.3 Å². The third kappa shape index (κ3) is 4.75. The van der Waals surface area contributed by atoms with Gasteiger partial charge in [0.15, 0.2) is 0 Å². The number of amides is 2. The number of carboxylic acid groups (broad SMARTS) is 1. The van der Waals surface area contributed by atoms with Gasteiger partial charge in [-0.2, -0.15) is 13.2 Å². The molecule has 4 heterocycles. The predicted octanol–water partition coefficient (Wildman–Crippen LogP) is 2.16. The highest BCUT2D eigenvalue weighted by Crippen LogP contribution is 2.40. The highest BCUT2D eigenvalue weighted by Gasteiger charge is 2.50. The Morgan fingerprint density at radius 1 is 1.07 bits per heavy atom. The van der Waals surface area contributed by atoms with E-state index in [0.29, 0.717) is 17.8 Å². The first-order chi connectivity index (χ1) is 14.1. The summed E-state index contributed by atoms with van der Waals surface area (Å²) < 4.78 is 31.7. The maximum absolute atomic E-state index is 12.4. The number of aromatic nitrogens is 2. The predicted molar refractivity (Wildman–Crippen MR) is 98.9 cm³/mol. The van der Waals surface area contributed by atoms with E-state index < -0.39 is 12.1 Å². The third-order valence-electron chi connectivity index (χ3n) is 4.89. The van der Waals surface area contributed by atoms with Crippen molar-refractivity contribution in [2.45, 2.75) is 12.6 Å². The largest absolute Gasteiger partial charge is 0.490 e. The van der Waals surface area contributed by atoms with E-state index in [9.17, 15) is 22.8 Å². The van der Waals surface area contributed by atoms with Gasteiger partial charge in [-0.05, 0) is 18.6 Å². The van der Waals surface area contributed by atoms with Crippen molar-refractivity contribution in [3.63, 3.8) is 0 Å². The van der Waals surface area contributed by atoms with Gasteiger partial charge in [-0.25, -0.2) is 9.78 Å². The minimum absolute atomic E-state index is 0.00188. The van der Waals surface area contributed by atoms with Crippen LogP contribution < -0.4 is 0 Å². The standard InChI is InChI=1S/C16H16N4O2S.C2HF3O2/c21-14(12-1-4-17-5-2-12)20-9-16(10-20)3-6-19(8-16)15(22)13-7-23-11-18-13;3-2(4,5)1(6)7/h1-2,4-5,7,11H,3,6,8-10H2;(H,6,7). The molecule has 0 aliphatic carbocycles. The van der Waals surface area contributed by atoms with Gasteiger partial charge in [0.2, 0.25) is 0 Å². The number of halogens is 3. The lowest BCUT2D eigenvalue weighted by Gasteiger charge is -2.48. The number of likely N-dealkylation sites (tertiary alicyclic amines) is 2. The molecule has 0 bridgehead atoms. The average molecular weight is 442 g/mol. The molecule has 0 unspecified atom stereocenters. The maximum atomic E-state index is 12.4. The van der Waals surface area contributed by atoms with E-state index in [1.807, 2.05) is 9.80 Å². The Hall–Kier alpha value is -3.02. The highest BCUT2D eigenvalue weighted by molar-refractivity contribution is 7.07. The summed E-state index contributed by atoms with van der Waals surface area (Å²) in [7, 11) is 0. The molecule has 4 rings (SSSR count). The second-order valence-electron chi connectivity index (χ2n) is 7.05. The van der Waals surface area contributed by atoms with E-state index in [-0.39, 0.29) is 17.2 Å². The summed E-state index contributed by atoms with van der Waals surface area (Å²) in [5.74, 6) is -2.71. The quantitative estimate of drug-likeness (QED) is 0.765. The van der Waals surface area contributed by atoms with Crippen LogP contribution in [0, 0.1) is 5.41 Å². The molecule has 160 valence electrons. The average Bonchev–Trinajstić information content (AvgIpc) is 3.36. The molecular weight excluding hydrogens is 425 g/mol. The molecule has 2 aliphatic rings. The van der Waals surface area contributed by atoms with Crippen molar-refractivity contribution >= 4 is 29.1 Å². The van der Waals surface area contributed by atoms with Gasteiger partial charge in [-0.1, -0.05) is 0 Å². The summed E-state index contributed by atoms with van der Waals surface area (Å²) in [6.07, 6.45) is -0.873. The van der Waals surface area contributed by atoms with Crippen LogP contribution in [-0.4, -0.2) is 75.0 Å². The van der Waals surface area contributed by atoms with Crippen LogP contribution in [0.4, 0.5) is 13.2 Å². The Kier molecular flexibility index (Phi) is 6.06. The molecule has 0 atom stereocenters. The molecule has 12 heteroatoms. The molecule has 2 saturated heterocycles. The van der Waals surface area contributed by atoms with Crippen LogP contribution in [0.3, 0.4) is 0 Å². The molecule has 2 fully saturated rings. The van der Waals surface area contributed by atoms with Gasteiger partial charge >= 0.3 is 12.1 Å². The Morgan fingerprint density at radius 3 is 2.20 bits per heavy atom. The molecule has 0 saturated carbocycles. The third-order valence-corrected chi connectivity index (χ3v) is 5.47. The van der Waals surface area contributed by atoms with E-state index in [1.165, 1.54) is 11.3 Å². The number of nitrogens with zero attached hydrogens (tertiary/aromatic N) is 4. The first kappa shape index (κ1) is 21.7. The molecule has 1 spiro atoms. The minimum Gasteiger partial charge on any atom is -0.475 e. The van der Waals surface area contributed by atoms with Crippen molar-refractivity contribution in [1.29, 1.82) is 0 Å². The smallest absolute Gasteiger partial charge is 0.475 e. The van der Waals surface area contributed by atoms with Gasteiger partial charge in [0, 0.05) is 54.9 Å². The van der Waals surface area contributed by atoms with Crippen molar-refractivity contribution in [1.82, 2.24) is 19.8 Å². The van der Waals surface area contributed by atoms with Crippen molar-refractivity contribution in [2.24, 2.45) is 5.41 Å². The second-order valence-corrected chi connectivity index (χ2v) is 7.77. The summed E-state index contributed by atoms with van der Waals surface area (Å²) in [6.45, 7) is 2.89. The molecule has 2 aromatic heterocycles. The number of pyridine rings is 1. The molecule has 2 aliphatic heterocycles. The Labute approximate surface area is 173 Å². The molecule has 2 aromatic rings. The Balaban J connectivity index is 0.000000318. The molecular formula is C18H17F3N4O4S. The monoisotopic (exact) mass is 442 g/mol. The first-order valence-electron chi connectivity index (χ1n) is 8.78. The topological polar surface area (TPSA) is 104 Å². The van der Waals surface area contributed by atoms with Crippen LogP contribution in [0.2, 0.25) is 0 Å². The number of hydrogen-bond acceptors (Lipinski definition) is 6. The van der Waals surface area contributed by atoms with Crippen LogP contribution in [0.5, 0.6) is 0 Å². The molecule has 8 nitrogen and oxygen atoms in total. The molecule has 1 N–H and O–H groups in total. The van der Waals surface area contributed by atoms with Gasteiger partial charge in [-0.3, -0.25) is 14.6 Å². The number of carboxylic acids is 1. The summed E-state index contributed by atoms with van der Waals surface area (Å²) in [5.41, 5.74) is 2.94. The van der Waals surface area contributed by atoms with E-state index in [4.69, 9.17) is 9.90 Å². The second kappa shape index (κ2) is 8.38. The fourth-order valence-electron chi connectivity index (χ4n) is 3.43. The first-order valence-corrected chi connectivity index (χ1v) is 9.72. The van der Waals surface area contributed by atoms with Gasteiger partial charge < -0.3 is 14.9 Å². The van der Waals surface area contributed by atoms with Crippen molar-refractivity contribution in [3.8, 4) is 0 Å². The number of thiazole rings is 1. The Morgan fingerprint density at radius 2 is 1.67 bits per heavy atom. The molecule has 30 heavy (non-hydrogen) atoms. The molecule has 2 amide bonds. The summed E-state index contributed by atoms with van der Waals surface area (Å²) in [4.78, 5) is 45.4. The van der Waals surface area contributed by atoms with Gasteiger partial charge in [-0.15, -0.1) is 11.3 Å². The van der Waals surface area contributed by atoms with Crippen LogP contribution in [0.15, 0.2) is 35.4 Å². The summed E-state index contributed by atoms with van der Waals surface area (Å²) >= 11 is 1.43. The zero-order valence-electron chi connectivity index (χ0n) is 15.5. The van der Waals surface area contributed by atoms with E-state index in [0.717, 1.165) is 26.1 Å². The Bertz CT molecular complexity index is 915. The molecule has 0 aromatic carbocycles. The number of carbonyl (C=O) groups excluding carboxylic acids is 2. The zero-order valence-corrected chi connectivity index (χ0v) is 16.3. The number of hydrogen-bond donors (Lipinski definition) is 1. The summed E-state index contributed by atoms with van der Waals surface area (Å²) in [6, 6.07) is 3.47. The zero-order chi connectivity index (χ0) is 21.9. The minimum atomic E-state index is -5.08. The van der Waals surface area contributed by atoms with Gasteiger partial charge in [0.1, 0.15) is 5.69 Å². The van der Waals surface area contributed by atoms with E-state index >= 15 is 0 Å². The summed E-state index contributed by atoms with van der Waals surface area (Å²) in [5, 5.41) is 8.91. The van der Waals surface area contributed by atoms with Crippen LogP contribution >= 0.6 is 11.3 Å². The number of carbonyl (C=O) groups is 3. The normalized spacial score (nSPS) is 17.2. The molecule has 0 radical (unpaired) electrons. The number of rotatable bonds is 2. The maximum Gasteiger partial charge on any atom is 0.490 e. The van der Waals surface area contributed by atoms with Crippen molar-refractivity contribution < 1.29 is 32.7 Å². The lowest BCUT2D eigenvalue weighted by atomic mass is 9.78. The highest BCUT2D eigenvalue weighted by atomic mass is 32.1. The fraction of sp³-hybridized carbons (Fsp3) is 0.389. The van der Waals surface area contributed by atoms with Crippen LogP contribution in [-0.2, 0) is 4.79 Å². The number of alkyl halides is 3. The van der Waals surface area contributed by atoms with Crippen molar-refractivity contribution in [2.75, 3.05) is 26.2 Å².